The fourth-order valence-electron chi connectivity index (χ4n) is 2.49. The van der Waals surface area contributed by atoms with Crippen LogP contribution in [0.1, 0.15) is 24.3 Å². The van der Waals surface area contributed by atoms with E-state index < -0.39 is 0 Å². The molecule has 1 aliphatic heterocycles. The van der Waals surface area contributed by atoms with Crippen LogP contribution in [0.2, 0.25) is 0 Å². The third-order valence-corrected chi connectivity index (χ3v) is 4.08. The molecule has 0 radical (unpaired) electrons. The van der Waals surface area contributed by atoms with Crippen molar-refractivity contribution >= 4 is 26.8 Å². The highest BCUT2D eigenvalue weighted by atomic mass is 79.9. The molecule has 1 aromatic heterocycles. The third kappa shape index (κ3) is 1.78. The number of hydrogen-bond acceptors (Lipinski definition) is 1. The first kappa shape index (κ1) is 10.4. The Balaban J connectivity index is 1.99. The summed E-state index contributed by atoms with van der Waals surface area (Å²) in [5.74, 6) is 0.681. The van der Waals surface area contributed by atoms with E-state index in [1.54, 1.807) is 0 Å². The predicted octanol–water partition coefficient (Wildman–Crippen LogP) is 3.40. The van der Waals surface area contributed by atoms with Crippen molar-refractivity contribution in [2.45, 2.75) is 18.8 Å². The Morgan fingerprint density at radius 1 is 1.31 bits per heavy atom. The van der Waals surface area contributed by atoms with Gasteiger partial charge in [0.2, 0.25) is 0 Å². The highest BCUT2D eigenvalue weighted by Crippen LogP contribution is 2.29. The van der Waals surface area contributed by atoms with Crippen LogP contribution in [-0.4, -0.2) is 18.1 Å². The van der Waals surface area contributed by atoms with E-state index in [4.69, 9.17) is 0 Å². The molecule has 0 amide bonds. The van der Waals surface area contributed by atoms with Crippen molar-refractivity contribution in [1.29, 1.82) is 0 Å². The first-order chi connectivity index (χ1) is 7.84. The van der Waals surface area contributed by atoms with Gasteiger partial charge in [-0.15, -0.1) is 0 Å². The zero-order valence-electron chi connectivity index (χ0n) is 9.09. The molecule has 0 saturated carbocycles. The van der Waals surface area contributed by atoms with Gasteiger partial charge in [-0.1, -0.05) is 6.07 Å². The lowest BCUT2D eigenvalue weighted by atomic mass is 9.91. The molecule has 2 nitrogen and oxygen atoms in total. The molecule has 1 unspecified atom stereocenters. The van der Waals surface area contributed by atoms with E-state index in [1.165, 1.54) is 35.9 Å². The number of benzene rings is 1. The van der Waals surface area contributed by atoms with Crippen LogP contribution < -0.4 is 5.32 Å². The van der Waals surface area contributed by atoms with Crippen LogP contribution >= 0.6 is 15.9 Å². The number of halogens is 1. The smallest absolute Gasteiger partial charge is 0.0465 e. The van der Waals surface area contributed by atoms with Crippen LogP contribution in [0, 0.1) is 0 Å². The van der Waals surface area contributed by atoms with E-state index in [-0.39, 0.29) is 0 Å². The minimum absolute atomic E-state index is 0.681. The summed E-state index contributed by atoms with van der Waals surface area (Å²) >= 11 is 3.58. The topological polar surface area (TPSA) is 27.8 Å². The van der Waals surface area contributed by atoms with Gasteiger partial charge in [-0.05, 0) is 58.9 Å². The summed E-state index contributed by atoms with van der Waals surface area (Å²) in [6.45, 7) is 2.29. The van der Waals surface area contributed by atoms with Gasteiger partial charge in [0.15, 0.2) is 0 Å². The number of fused-ring (bicyclic) bond motifs is 1. The van der Waals surface area contributed by atoms with E-state index in [0.29, 0.717) is 5.92 Å². The average molecular weight is 279 g/mol. The van der Waals surface area contributed by atoms with Gasteiger partial charge < -0.3 is 10.3 Å². The summed E-state index contributed by atoms with van der Waals surface area (Å²) < 4.78 is 1.16. The molecule has 2 N–H and O–H groups in total. The van der Waals surface area contributed by atoms with Gasteiger partial charge >= 0.3 is 0 Å². The van der Waals surface area contributed by atoms with Crippen molar-refractivity contribution in [3.8, 4) is 0 Å². The maximum atomic E-state index is 3.58. The number of rotatable bonds is 1. The highest BCUT2D eigenvalue weighted by molar-refractivity contribution is 9.10. The normalized spacial score (nSPS) is 21.4. The van der Waals surface area contributed by atoms with Crippen LogP contribution in [0.15, 0.2) is 28.9 Å². The number of piperidine rings is 1. The van der Waals surface area contributed by atoms with Gasteiger partial charge in [0.05, 0.1) is 0 Å². The molecule has 2 heterocycles. The summed E-state index contributed by atoms with van der Waals surface area (Å²) in [5, 5.41) is 4.76. The van der Waals surface area contributed by atoms with E-state index in [9.17, 15) is 0 Å². The van der Waals surface area contributed by atoms with Crippen LogP contribution in [-0.2, 0) is 0 Å². The first-order valence-electron chi connectivity index (χ1n) is 5.82. The Bertz CT molecular complexity index is 498. The van der Waals surface area contributed by atoms with Crippen molar-refractivity contribution < 1.29 is 0 Å². The number of aromatic nitrogens is 1. The van der Waals surface area contributed by atoms with E-state index in [1.807, 2.05) is 6.20 Å². The molecule has 1 atom stereocenters. The molecule has 3 heteroatoms. The standard InChI is InChI=1S/C13H15BrN2/c14-12-8-16-13-4-3-9(6-11(12)13)10-2-1-5-15-7-10/h3-4,6,8,10,15-16H,1-2,5,7H2. The molecule has 1 fully saturated rings. The molecule has 3 rings (SSSR count). The van der Waals surface area contributed by atoms with E-state index in [0.717, 1.165) is 11.0 Å². The monoisotopic (exact) mass is 278 g/mol. The van der Waals surface area contributed by atoms with Crippen molar-refractivity contribution in [2.75, 3.05) is 13.1 Å². The quantitative estimate of drug-likeness (QED) is 0.822. The second-order valence-corrected chi connectivity index (χ2v) is 5.34. The van der Waals surface area contributed by atoms with Crippen molar-refractivity contribution in [3.63, 3.8) is 0 Å². The molecule has 1 aliphatic rings. The Hall–Kier alpha value is -0.800. The first-order valence-corrected chi connectivity index (χ1v) is 6.61. The van der Waals surface area contributed by atoms with E-state index in [2.05, 4.69) is 44.4 Å². The fourth-order valence-corrected chi connectivity index (χ4v) is 2.94. The summed E-state index contributed by atoms with van der Waals surface area (Å²) in [7, 11) is 0. The largest absolute Gasteiger partial charge is 0.360 e. The molecular weight excluding hydrogens is 264 g/mol. The number of aromatic amines is 1. The van der Waals surface area contributed by atoms with Gasteiger partial charge in [0, 0.05) is 28.1 Å². The van der Waals surface area contributed by atoms with Crippen molar-refractivity contribution in [2.24, 2.45) is 0 Å². The Labute approximate surface area is 104 Å². The van der Waals surface area contributed by atoms with Crippen LogP contribution in [0.4, 0.5) is 0 Å². The van der Waals surface area contributed by atoms with Crippen molar-refractivity contribution in [1.82, 2.24) is 10.3 Å². The Morgan fingerprint density at radius 3 is 3.06 bits per heavy atom. The van der Waals surface area contributed by atoms with E-state index >= 15 is 0 Å². The second-order valence-electron chi connectivity index (χ2n) is 4.48. The predicted molar refractivity (Wildman–Crippen MR) is 70.8 cm³/mol. The summed E-state index contributed by atoms with van der Waals surface area (Å²) in [4.78, 5) is 3.26. The lowest BCUT2D eigenvalue weighted by molar-refractivity contribution is 0.462. The van der Waals surface area contributed by atoms with Gasteiger partial charge in [0.1, 0.15) is 0 Å². The number of nitrogens with one attached hydrogen (secondary N) is 2. The maximum absolute atomic E-state index is 3.58. The van der Waals surface area contributed by atoms with Crippen LogP contribution in [0.25, 0.3) is 10.9 Å². The molecular formula is C13H15BrN2. The summed E-state index contributed by atoms with van der Waals surface area (Å²) in [6, 6.07) is 6.75. The molecule has 2 aromatic rings. The van der Waals surface area contributed by atoms with Gasteiger partial charge in [-0.3, -0.25) is 0 Å². The van der Waals surface area contributed by atoms with Gasteiger partial charge in [-0.25, -0.2) is 0 Å². The van der Waals surface area contributed by atoms with Crippen molar-refractivity contribution in [3.05, 3.63) is 34.4 Å². The van der Waals surface area contributed by atoms with Crippen LogP contribution in [0.5, 0.6) is 0 Å². The summed E-state index contributed by atoms with van der Waals surface area (Å²) in [5.41, 5.74) is 2.67. The minimum Gasteiger partial charge on any atom is -0.360 e. The number of hydrogen-bond donors (Lipinski definition) is 2. The van der Waals surface area contributed by atoms with Crippen LogP contribution in [0.3, 0.4) is 0 Å². The highest BCUT2D eigenvalue weighted by Gasteiger charge is 2.15. The molecule has 84 valence electrons. The molecule has 0 spiro atoms. The Morgan fingerprint density at radius 2 is 2.25 bits per heavy atom. The third-order valence-electron chi connectivity index (χ3n) is 3.42. The SMILES string of the molecule is Brc1c[nH]c2ccc(C3CCCNC3)cc12. The minimum atomic E-state index is 0.681. The molecule has 16 heavy (non-hydrogen) atoms. The lowest BCUT2D eigenvalue weighted by Gasteiger charge is -2.23. The summed E-state index contributed by atoms with van der Waals surface area (Å²) in [6.07, 6.45) is 4.60. The fraction of sp³-hybridized carbons (Fsp3) is 0.385. The van der Waals surface area contributed by atoms with Gasteiger partial charge in [0.25, 0.3) is 0 Å². The van der Waals surface area contributed by atoms with Gasteiger partial charge in [-0.2, -0.15) is 0 Å². The average Bonchev–Trinajstić information content (AvgIpc) is 2.72. The maximum Gasteiger partial charge on any atom is 0.0465 e. The molecule has 1 aromatic carbocycles. The second kappa shape index (κ2) is 4.22. The zero-order chi connectivity index (χ0) is 11.0. The molecule has 1 saturated heterocycles. The number of H-pyrrole nitrogens is 1. The zero-order valence-corrected chi connectivity index (χ0v) is 10.7. The molecule has 0 bridgehead atoms. The molecule has 0 aliphatic carbocycles. The lowest BCUT2D eigenvalue weighted by Crippen LogP contribution is -2.28. The Kier molecular flexibility index (Phi) is 2.74.